The monoisotopic (exact) mass is 614 g/mol. The van der Waals surface area contributed by atoms with E-state index >= 15 is 0 Å². The Morgan fingerprint density at radius 1 is 0.667 bits per heavy atom. The van der Waals surface area contributed by atoms with Crippen molar-refractivity contribution in [3.8, 4) is 29.0 Å². The van der Waals surface area contributed by atoms with Gasteiger partial charge in [-0.3, -0.25) is 0 Å². The molecule has 2 atom stereocenters. The molecule has 48 heavy (non-hydrogen) atoms. The molecule has 9 rings (SSSR count). The smallest absolute Gasteiger partial charge is 0.0994 e. The predicted molar refractivity (Wildman–Crippen MR) is 195 cm³/mol. The first-order chi connectivity index (χ1) is 23.7. The molecule has 2 aromatic heterocycles. The maximum Gasteiger partial charge on any atom is 0.0994 e. The van der Waals surface area contributed by atoms with Crippen molar-refractivity contribution in [2.24, 2.45) is 0 Å². The van der Waals surface area contributed by atoms with Crippen molar-refractivity contribution in [3.63, 3.8) is 0 Å². The summed E-state index contributed by atoms with van der Waals surface area (Å²) in [6.45, 7) is 0. The highest BCUT2D eigenvalue weighted by Gasteiger charge is 2.30. The third-order valence-corrected chi connectivity index (χ3v) is 10.1. The van der Waals surface area contributed by atoms with Crippen LogP contribution in [0, 0.1) is 22.7 Å². The van der Waals surface area contributed by atoms with Gasteiger partial charge in [0.1, 0.15) is 0 Å². The topological polar surface area (TPSA) is 57.4 Å². The molecule has 0 fully saturated rings. The van der Waals surface area contributed by atoms with Gasteiger partial charge in [-0.2, -0.15) is 10.5 Å². The van der Waals surface area contributed by atoms with E-state index in [4.69, 9.17) is 0 Å². The highest BCUT2D eigenvalue weighted by molar-refractivity contribution is 6.08. The van der Waals surface area contributed by atoms with Gasteiger partial charge in [-0.05, 0) is 78.1 Å². The Labute approximate surface area is 279 Å². The van der Waals surface area contributed by atoms with Gasteiger partial charge >= 0.3 is 0 Å². The highest BCUT2D eigenvalue weighted by Crippen LogP contribution is 2.45. The molecule has 0 amide bonds. The summed E-state index contributed by atoms with van der Waals surface area (Å²) >= 11 is 0. The second kappa shape index (κ2) is 11.2. The zero-order valence-corrected chi connectivity index (χ0v) is 26.2. The van der Waals surface area contributed by atoms with Gasteiger partial charge in [0.05, 0.1) is 34.8 Å². The lowest BCUT2D eigenvalue weighted by Gasteiger charge is -2.30. The summed E-state index contributed by atoms with van der Waals surface area (Å²) in [6.07, 6.45) is 15.3. The largest absolute Gasteiger partial charge is 0.332 e. The molecule has 0 spiro atoms. The van der Waals surface area contributed by atoms with Crippen LogP contribution in [0.2, 0.25) is 0 Å². The predicted octanol–water partition coefficient (Wildman–Crippen LogP) is 10.6. The van der Waals surface area contributed by atoms with E-state index in [1.165, 1.54) is 22.2 Å². The lowest BCUT2D eigenvalue weighted by molar-refractivity contribution is 0.576. The molecular formula is C44H30N4. The molecule has 0 saturated heterocycles. The van der Waals surface area contributed by atoms with Crippen LogP contribution in [0.5, 0.6) is 0 Å². The number of hydrogen-bond donors (Lipinski definition) is 0. The van der Waals surface area contributed by atoms with Gasteiger partial charge < -0.3 is 9.13 Å². The second-order valence-electron chi connectivity index (χ2n) is 12.6. The Balaban J connectivity index is 1.24. The number of allylic oxidation sites excluding steroid dienone is 5. The minimum absolute atomic E-state index is 0.0889. The molecule has 0 aliphatic heterocycles. The standard InChI is InChI=1S/C44H30N4/c45-27-29-23-24-43-38(25-29)36-16-3-7-21-41(36)48(43)42-22-8-4-17-37(42)44-31(28-46)12-10-18-33(44)30-11-9-13-32(26-30)47-39-19-5-1-14-34(39)35-15-2-6-20-40(35)47/h1-5,7-19,21-26,37,42H,6,20H2. The van der Waals surface area contributed by atoms with Crippen molar-refractivity contribution in [3.05, 3.63) is 168 Å². The quantitative estimate of drug-likeness (QED) is 0.198. The van der Waals surface area contributed by atoms with Crippen LogP contribution in [0.1, 0.15) is 46.3 Å². The van der Waals surface area contributed by atoms with Gasteiger partial charge in [0.25, 0.3) is 0 Å². The number of hydrogen-bond acceptors (Lipinski definition) is 2. The summed E-state index contributed by atoms with van der Waals surface area (Å²) in [7, 11) is 0. The molecule has 5 aromatic carbocycles. The molecule has 2 aliphatic carbocycles. The van der Waals surface area contributed by atoms with Crippen LogP contribution in [0.3, 0.4) is 0 Å². The Bertz CT molecular complexity index is 2610. The van der Waals surface area contributed by atoms with Crippen molar-refractivity contribution in [1.29, 1.82) is 10.5 Å². The first kappa shape index (κ1) is 27.9. The van der Waals surface area contributed by atoms with E-state index in [0.717, 1.165) is 57.0 Å². The lowest BCUT2D eigenvalue weighted by Crippen LogP contribution is -2.18. The number of nitrogens with zero attached hydrogens (tertiary/aromatic N) is 4. The van der Waals surface area contributed by atoms with Crippen LogP contribution in [0.4, 0.5) is 0 Å². The summed E-state index contributed by atoms with van der Waals surface area (Å²) in [4.78, 5) is 0. The van der Waals surface area contributed by atoms with Gasteiger partial charge in [-0.15, -0.1) is 0 Å². The van der Waals surface area contributed by atoms with Crippen LogP contribution in [0.25, 0.3) is 55.6 Å². The number of para-hydroxylation sites is 2. The Hall–Kier alpha value is -6.36. The van der Waals surface area contributed by atoms with Crippen molar-refractivity contribution in [1.82, 2.24) is 9.13 Å². The Morgan fingerprint density at radius 3 is 2.33 bits per heavy atom. The molecule has 2 aliphatic rings. The summed E-state index contributed by atoms with van der Waals surface area (Å²) in [6, 6.07) is 42.7. The van der Waals surface area contributed by atoms with Gasteiger partial charge in [-0.25, -0.2) is 0 Å². The summed E-state index contributed by atoms with van der Waals surface area (Å²) < 4.78 is 4.81. The first-order valence-corrected chi connectivity index (χ1v) is 16.5. The van der Waals surface area contributed by atoms with Crippen LogP contribution < -0.4 is 0 Å². The zero-order valence-electron chi connectivity index (χ0n) is 26.2. The SMILES string of the molecule is N#Cc1ccc2c(c1)c1ccccc1n2C1C=CC=CC1c1c(C#N)cccc1-c1cccc(-n2c3c(c4ccccc42)C=CCC3)c1. The van der Waals surface area contributed by atoms with E-state index in [-0.39, 0.29) is 12.0 Å². The third kappa shape index (κ3) is 4.20. The molecule has 4 nitrogen and oxygen atoms in total. The van der Waals surface area contributed by atoms with E-state index in [0.29, 0.717) is 11.1 Å². The molecule has 0 saturated carbocycles. The molecule has 0 bridgehead atoms. The number of benzene rings is 5. The summed E-state index contributed by atoms with van der Waals surface area (Å²) in [5.41, 5.74) is 11.6. The maximum atomic E-state index is 10.6. The highest BCUT2D eigenvalue weighted by atomic mass is 15.0. The normalized spacial score (nSPS) is 16.7. The van der Waals surface area contributed by atoms with Crippen molar-refractivity contribution in [2.45, 2.75) is 24.8 Å². The average molecular weight is 615 g/mol. The molecular weight excluding hydrogens is 585 g/mol. The van der Waals surface area contributed by atoms with E-state index in [2.05, 4.69) is 143 Å². The van der Waals surface area contributed by atoms with E-state index in [1.807, 2.05) is 24.3 Å². The van der Waals surface area contributed by atoms with Crippen LogP contribution in [0.15, 0.2) is 140 Å². The fourth-order valence-corrected chi connectivity index (χ4v) is 8.06. The molecule has 4 heteroatoms. The first-order valence-electron chi connectivity index (χ1n) is 16.5. The van der Waals surface area contributed by atoms with Crippen molar-refractivity contribution >= 4 is 38.8 Å². The van der Waals surface area contributed by atoms with Crippen molar-refractivity contribution in [2.75, 3.05) is 0 Å². The van der Waals surface area contributed by atoms with E-state index < -0.39 is 0 Å². The molecule has 7 aromatic rings. The van der Waals surface area contributed by atoms with Gasteiger partial charge in [0.2, 0.25) is 0 Å². The molecule has 2 unspecified atom stereocenters. The Morgan fingerprint density at radius 2 is 1.46 bits per heavy atom. The fourth-order valence-electron chi connectivity index (χ4n) is 8.06. The third-order valence-electron chi connectivity index (χ3n) is 10.1. The van der Waals surface area contributed by atoms with Gasteiger partial charge in [0, 0.05) is 50.1 Å². The molecule has 0 N–H and O–H groups in total. The van der Waals surface area contributed by atoms with E-state index in [9.17, 15) is 10.5 Å². The number of aromatic nitrogens is 2. The number of fused-ring (bicyclic) bond motifs is 6. The zero-order chi connectivity index (χ0) is 32.2. The summed E-state index contributed by atoms with van der Waals surface area (Å²) in [5, 5.41) is 23.7. The van der Waals surface area contributed by atoms with Gasteiger partial charge in [-0.1, -0.05) is 97.1 Å². The molecule has 2 heterocycles. The molecule has 0 radical (unpaired) electrons. The second-order valence-corrected chi connectivity index (χ2v) is 12.6. The van der Waals surface area contributed by atoms with Crippen molar-refractivity contribution < 1.29 is 0 Å². The average Bonchev–Trinajstić information content (AvgIpc) is 3.67. The lowest BCUT2D eigenvalue weighted by atomic mass is 9.81. The van der Waals surface area contributed by atoms with E-state index in [1.54, 1.807) is 0 Å². The van der Waals surface area contributed by atoms with Crippen LogP contribution in [-0.4, -0.2) is 9.13 Å². The van der Waals surface area contributed by atoms with Crippen LogP contribution in [-0.2, 0) is 6.42 Å². The minimum Gasteiger partial charge on any atom is -0.332 e. The fraction of sp³-hybridized carbons (Fsp3) is 0.0909. The maximum absolute atomic E-state index is 10.6. The van der Waals surface area contributed by atoms with Gasteiger partial charge in [0.15, 0.2) is 0 Å². The number of rotatable bonds is 4. The number of nitriles is 2. The van der Waals surface area contributed by atoms with Crippen LogP contribution >= 0.6 is 0 Å². The summed E-state index contributed by atoms with van der Waals surface area (Å²) in [5.74, 6) is -0.107. The Kier molecular flexibility index (Phi) is 6.49. The minimum atomic E-state index is -0.107. The molecule has 226 valence electrons.